The molecule has 0 saturated heterocycles. The summed E-state index contributed by atoms with van der Waals surface area (Å²) in [4.78, 5) is 26.1. The molecule has 1 aliphatic rings. The average molecular weight is 387 g/mol. The van der Waals surface area contributed by atoms with E-state index in [1.54, 1.807) is 32.2 Å². The van der Waals surface area contributed by atoms with E-state index in [0.717, 1.165) is 0 Å². The second kappa shape index (κ2) is 8.56. The van der Waals surface area contributed by atoms with Crippen molar-refractivity contribution in [2.75, 3.05) is 26.9 Å². The fraction of sp³-hybridized carbons (Fsp3) is 0.412. The van der Waals surface area contributed by atoms with E-state index in [0.29, 0.717) is 40.1 Å². The molecule has 2 amide bonds. The summed E-state index contributed by atoms with van der Waals surface area (Å²) in [5.41, 5.74) is 1.50. The fourth-order valence-electron chi connectivity index (χ4n) is 2.46. The van der Waals surface area contributed by atoms with Crippen molar-refractivity contribution >= 4 is 35.2 Å². The van der Waals surface area contributed by atoms with Crippen LogP contribution < -0.4 is 5.32 Å². The van der Waals surface area contributed by atoms with E-state index in [1.807, 2.05) is 6.92 Å². The number of benzene rings is 1. The third-order valence-corrected chi connectivity index (χ3v) is 4.65. The largest absolute Gasteiger partial charge is 0.460 e. The lowest BCUT2D eigenvalue weighted by Gasteiger charge is -2.33. The first kappa shape index (κ1) is 19.6. The van der Waals surface area contributed by atoms with Gasteiger partial charge in [-0.1, -0.05) is 29.3 Å². The van der Waals surface area contributed by atoms with Gasteiger partial charge in [-0.2, -0.15) is 0 Å². The number of hydrogen-bond acceptors (Lipinski definition) is 4. The zero-order chi connectivity index (χ0) is 18.6. The van der Waals surface area contributed by atoms with Gasteiger partial charge in [0, 0.05) is 19.4 Å². The summed E-state index contributed by atoms with van der Waals surface area (Å²) in [6, 6.07) is 3.97. The van der Waals surface area contributed by atoms with E-state index in [1.165, 1.54) is 4.90 Å². The van der Waals surface area contributed by atoms with Crippen molar-refractivity contribution in [2.24, 2.45) is 0 Å². The number of hydrogen-bond donors (Lipinski definition) is 1. The zero-order valence-corrected chi connectivity index (χ0v) is 15.8. The summed E-state index contributed by atoms with van der Waals surface area (Å²) in [5, 5.41) is 3.52. The lowest BCUT2D eigenvalue weighted by Crippen LogP contribution is -2.46. The molecule has 1 aliphatic heterocycles. The Bertz CT molecular complexity index is 706. The molecule has 8 heteroatoms. The molecule has 0 fully saturated rings. The van der Waals surface area contributed by atoms with Gasteiger partial charge in [0.2, 0.25) is 0 Å². The van der Waals surface area contributed by atoms with Crippen LogP contribution in [-0.4, -0.2) is 43.8 Å². The van der Waals surface area contributed by atoms with E-state index in [-0.39, 0.29) is 12.6 Å². The van der Waals surface area contributed by atoms with Crippen LogP contribution in [0.25, 0.3) is 0 Å². The van der Waals surface area contributed by atoms with E-state index in [2.05, 4.69) is 5.32 Å². The molecule has 0 spiro atoms. The number of nitrogens with zero attached hydrogens (tertiary/aromatic N) is 1. The fourth-order valence-corrected chi connectivity index (χ4v) is 2.76. The molecule has 1 heterocycles. The predicted molar refractivity (Wildman–Crippen MR) is 95.6 cm³/mol. The second-order valence-electron chi connectivity index (χ2n) is 5.45. The number of urea groups is 1. The molecule has 0 radical (unpaired) electrons. The highest BCUT2D eigenvalue weighted by atomic mass is 35.5. The highest BCUT2D eigenvalue weighted by Gasteiger charge is 2.35. The molecule has 0 aromatic heterocycles. The molecular formula is C17H20Cl2N2O4. The maximum absolute atomic E-state index is 12.6. The van der Waals surface area contributed by atoms with Crippen LogP contribution in [0.5, 0.6) is 0 Å². The van der Waals surface area contributed by atoms with E-state index >= 15 is 0 Å². The van der Waals surface area contributed by atoms with Crippen molar-refractivity contribution in [1.82, 2.24) is 10.2 Å². The van der Waals surface area contributed by atoms with E-state index in [4.69, 9.17) is 32.7 Å². The van der Waals surface area contributed by atoms with Crippen molar-refractivity contribution in [1.29, 1.82) is 0 Å². The number of rotatable bonds is 6. The Morgan fingerprint density at radius 2 is 2.00 bits per heavy atom. The first-order valence-corrected chi connectivity index (χ1v) is 8.57. The number of halogens is 2. The van der Waals surface area contributed by atoms with Crippen molar-refractivity contribution < 1.29 is 19.1 Å². The molecule has 1 N–H and O–H groups in total. The molecule has 1 aromatic rings. The minimum absolute atomic E-state index is 0.134. The molecule has 1 aromatic carbocycles. The Labute approximate surface area is 156 Å². The summed E-state index contributed by atoms with van der Waals surface area (Å²) in [6.45, 7) is 4.55. The Kier molecular flexibility index (Phi) is 6.70. The molecule has 2 rings (SSSR count). The van der Waals surface area contributed by atoms with Crippen molar-refractivity contribution in [3.8, 4) is 0 Å². The molecule has 0 aliphatic carbocycles. The first-order valence-electron chi connectivity index (χ1n) is 7.81. The monoisotopic (exact) mass is 386 g/mol. The van der Waals surface area contributed by atoms with E-state index < -0.39 is 12.0 Å². The smallest absolute Gasteiger partial charge is 0.338 e. The third-order valence-electron chi connectivity index (χ3n) is 3.92. The van der Waals surface area contributed by atoms with Gasteiger partial charge in [0.05, 0.1) is 28.3 Å². The highest BCUT2D eigenvalue weighted by molar-refractivity contribution is 6.42. The van der Waals surface area contributed by atoms with Gasteiger partial charge in [-0.25, -0.2) is 9.59 Å². The molecule has 136 valence electrons. The van der Waals surface area contributed by atoms with Crippen LogP contribution in [0.4, 0.5) is 4.79 Å². The maximum Gasteiger partial charge on any atom is 0.338 e. The minimum Gasteiger partial charge on any atom is -0.460 e. The topological polar surface area (TPSA) is 67.9 Å². The molecule has 0 saturated carbocycles. The van der Waals surface area contributed by atoms with Gasteiger partial charge in [0.1, 0.15) is 6.61 Å². The lowest BCUT2D eigenvalue weighted by molar-refractivity contribution is -0.141. The number of esters is 1. The standard InChI is InChI=1S/C17H20Cl2N2O4/c1-4-24-7-8-25-16(22)14-10(2)21(3)17(23)20-15(14)11-5-6-12(18)13(19)9-11/h5-6,9,15H,4,7-8H2,1-3H3,(H,20,23)/t15-/m1/s1. The van der Waals surface area contributed by atoms with Gasteiger partial charge in [-0.3, -0.25) is 0 Å². The second-order valence-corrected chi connectivity index (χ2v) is 6.26. The van der Waals surface area contributed by atoms with Gasteiger partial charge in [0.15, 0.2) is 0 Å². The summed E-state index contributed by atoms with van der Waals surface area (Å²) < 4.78 is 10.5. The van der Waals surface area contributed by atoms with Gasteiger partial charge >= 0.3 is 12.0 Å². The van der Waals surface area contributed by atoms with Crippen LogP contribution in [-0.2, 0) is 14.3 Å². The van der Waals surface area contributed by atoms with Gasteiger partial charge < -0.3 is 19.7 Å². The number of amides is 2. The summed E-state index contributed by atoms with van der Waals surface area (Å²) in [5.74, 6) is -0.514. The Morgan fingerprint density at radius 1 is 1.28 bits per heavy atom. The Hall–Kier alpha value is -1.76. The summed E-state index contributed by atoms with van der Waals surface area (Å²) in [6.07, 6.45) is 0. The molecular weight excluding hydrogens is 367 g/mol. The Morgan fingerprint density at radius 3 is 2.64 bits per heavy atom. The quantitative estimate of drug-likeness (QED) is 0.599. The van der Waals surface area contributed by atoms with Crippen molar-refractivity contribution in [3.63, 3.8) is 0 Å². The van der Waals surface area contributed by atoms with Crippen LogP contribution in [0.2, 0.25) is 10.0 Å². The molecule has 6 nitrogen and oxygen atoms in total. The number of allylic oxidation sites excluding steroid dienone is 1. The molecule has 0 unspecified atom stereocenters. The van der Waals surface area contributed by atoms with Gasteiger partial charge in [-0.05, 0) is 31.5 Å². The Balaban J connectivity index is 2.33. The van der Waals surface area contributed by atoms with Crippen LogP contribution in [0.1, 0.15) is 25.5 Å². The van der Waals surface area contributed by atoms with Gasteiger partial charge in [0.25, 0.3) is 0 Å². The number of carbonyl (C=O) groups is 2. The predicted octanol–water partition coefficient (Wildman–Crippen LogP) is 3.54. The average Bonchev–Trinajstić information content (AvgIpc) is 2.58. The van der Waals surface area contributed by atoms with Crippen LogP contribution in [0.3, 0.4) is 0 Å². The minimum atomic E-state index is -0.668. The summed E-state index contributed by atoms with van der Waals surface area (Å²) >= 11 is 12.0. The van der Waals surface area contributed by atoms with Gasteiger partial charge in [-0.15, -0.1) is 0 Å². The zero-order valence-electron chi connectivity index (χ0n) is 14.3. The molecule has 1 atom stereocenters. The molecule has 25 heavy (non-hydrogen) atoms. The van der Waals surface area contributed by atoms with Crippen LogP contribution in [0.15, 0.2) is 29.5 Å². The van der Waals surface area contributed by atoms with Crippen LogP contribution in [0, 0.1) is 0 Å². The lowest BCUT2D eigenvalue weighted by atomic mass is 9.95. The summed E-state index contributed by atoms with van der Waals surface area (Å²) in [7, 11) is 1.59. The normalized spacial score (nSPS) is 17.6. The van der Waals surface area contributed by atoms with Crippen molar-refractivity contribution in [3.05, 3.63) is 45.1 Å². The number of carbonyl (C=O) groups excluding carboxylic acids is 2. The first-order chi connectivity index (χ1) is 11.9. The number of ether oxygens (including phenoxy) is 2. The SMILES string of the molecule is CCOCCOC(=O)C1=C(C)N(C)C(=O)N[C@@H]1c1ccc(Cl)c(Cl)c1. The molecule has 0 bridgehead atoms. The maximum atomic E-state index is 12.6. The highest BCUT2D eigenvalue weighted by Crippen LogP contribution is 2.33. The van der Waals surface area contributed by atoms with E-state index in [9.17, 15) is 9.59 Å². The number of nitrogens with one attached hydrogen (secondary N) is 1. The van der Waals surface area contributed by atoms with Crippen molar-refractivity contribution in [2.45, 2.75) is 19.9 Å². The van der Waals surface area contributed by atoms with Crippen LogP contribution >= 0.6 is 23.2 Å². The third kappa shape index (κ3) is 4.45.